The van der Waals surface area contributed by atoms with E-state index in [1.165, 1.54) is 0 Å². The lowest BCUT2D eigenvalue weighted by Crippen LogP contribution is -2.10. The summed E-state index contributed by atoms with van der Waals surface area (Å²) in [6.07, 6.45) is 0.209. The summed E-state index contributed by atoms with van der Waals surface area (Å²) in [4.78, 5) is 0. The molecule has 0 unspecified atom stereocenters. The van der Waals surface area contributed by atoms with Gasteiger partial charge < -0.3 is 4.74 Å². The summed E-state index contributed by atoms with van der Waals surface area (Å²) in [5.41, 5.74) is 0. The van der Waals surface area contributed by atoms with Crippen LogP contribution < -0.4 is 0 Å². The normalized spacial score (nSPS) is 11.6. The molecule has 1 heterocycles. The first-order valence-corrected chi connectivity index (χ1v) is 5.20. The molecule has 0 aliphatic rings. The van der Waals surface area contributed by atoms with Gasteiger partial charge >= 0.3 is 0 Å². The van der Waals surface area contributed by atoms with Crippen molar-refractivity contribution in [2.45, 2.75) is 46.4 Å². The van der Waals surface area contributed by atoms with Gasteiger partial charge in [-0.05, 0) is 39.9 Å². The molecule has 0 aliphatic carbocycles. The molecule has 0 saturated heterocycles. The second-order valence-corrected chi connectivity index (χ2v) is 4.16. The summed E-state index contributed by atoms with van der Waals surface area (Å²) in [5, 5.41) is 6.91. The lowest BCUT2D eigenvalue weighted by atomic mass is 10.4. The van der Waals surface area contributed by atoms with Crippen LogP contribution in [0.2, 0.25) is 0 Å². The van der Waals surface area contributed by atoms with Gasteiger partial charge in [0.15, 0.2) is 10.6 Å². The number of ether oxygens (including phenoxy) is 1. The highest BCUT2D eigenvalue weighted by atomic mass is 32.1. The number of H-pyrrole nitrogens is 1. The van der Waals surface area contributed by atoms with Gasteiger partial charge in [0.1, 0.15) is 6.61 Å². The van der Waals surface area contributed by atoms with Gasteiger partial charge in [0.05, 0.1) is 6.10 Å². The predicted molar refractivity (Wildman–Crippen MR) is 57.7 cm³/mol. The Morgan fingerprint density at radius 3 is 2.57 bits per heavy atom. The van der Waals surface area contributed by atoms with Crippen LogP contribution in [0.1, 0.15) is 39.6 Å². The van der Waals surface area contributed by atoms with Gasteiger partial charge in [-0.15, -0.1) is 0 Å². The summed E-state index contributed by atoms with van der Waals surface area (Å²) in [6.45, 7) is 8.65. The maximum absolute atomic E-state index is 5.48. The number of hydrogen-bond acceptors (Lipinski definition) is 3. The van der Waals surface area contributed by atoms with Crippen LogP contribution in [0.3, 0.4) is 0 Å². The average molecular weight is 215 g/mol. The van der Waals surface area contributed by atoms with Crippen molar-refractivity contribution in [3.05, 3.63) is 10.6 Å². The molecule has 5 heteroatoms. The summed E-state index contributed by atoms with van der Waals surface area (Å²) in [7, 11) is 0. The van der Waals surface area contributed by atoms with E-state index in [-0.39, 0.29) is 6.10 Å². The number of nitrogens with zero attached hydrogens (tertiary/aromatic N) is 2. The molecule has 1 aromatic heterocycles. The fourth-order valence-electron chi connectivity index (χ4n) is 1.21. The van der Waals surface area contributed by atoms with Gasteiger partial charge in [0.25, 0.3) is 0 Å². The van der Waals surface area contributed by atoms with Gasteiger partial charge in [0, 0.05) is 6.04 Å². The zero-order valence-corrected chi connectivity index (χ0v) is 9.89. The van der Waals surface area contributed by atoms with Crippen molar-refractivity contribution in [2.24, 2.45) is 0 Å². The molecule has 4 nitrogen and oxygen atoms in total. The van der Waals surface area contributed by atoms with E-state index in [4.69, 9.17) is 17.0 Å². The molecular formula is C9H17N3OS. The van der Waals surface area contributed by atoms with Gasteiger partial charge in [-0.3, -0.25) is 9.67 Å². The van der Waals surface area contributed by atoms with Gasteiger partial charge in [0.2, 0.25) is 0 Å². The topological polar surface area (TPSA) is 42.8 Å². The highest BCUT2D eigenvalue weighted by molar-refractivity contribution is 7.71. The molecule has 0 spiro atoms. The van der Waals surface area contributed by atoms with Crippen LogP contribution in [-0.2, 0) is 11.3 Å². The highest BCUT2D eigenvalue weighted by Crippen LogP contribution is 2.09. The van der Waals surface area contributed by atoms with Crippen LogP contribution in [0, 0.1) is 4.77 Å². The number of aromatic amines is 1. The van der Waals surface area contributed by atoms with Gasteiger partial charge in [-0.1, -0.05) is 0 Å². The molecule has 1 N–H and O–H groups in total. The molecule has 0 aliphatic heterocycles. The van der Waals surface area contributed by atoms with Crippen LogP contribution >= 0.6 is 12.2 Å². The molecule has 0 atom stereocenters. The van der Waals surface area contributed by atoms with Gasteiger partial charge in [-0.2, -0.15) is 5.10 Å². The van der Waals surface area contributed by atoms with Crippen molar-refractivity contribution in [3.63, 3.8) is 0 Å². The second kappa shape index (κ2) is 4.70. The maximum atomic E-state index is 5.48. The van der Waals surface area contributed by atoms with Crippen molar-refractivity contribution >= 4 is 12.2 Å². The third-order valence-electron chi connectivity index (χ3n) is 1.84. The molecule has 0 saturated carbocycles. The number of hydrogen-bond donors (Lipinski definition) is 1. The smallest absolute Gasteiger partial charge is 0.195 e. The SMILES string of the molecule is CC(C)OCc1n[nH]c(=S)n1C(C)C. The number of rotatable bonds is 4. The van der Waals surface area contributed by atoms with Crippen LogP contribution in [0.5, 0.6) is 0 Å². The number of nitrogens with one attached hydrogen (secondary N) is 1. The second-order valence-electron chi connectivity index (χ2n) is 3.77. The molecule has 1 rings (SSSR count). The third-order valence-corrected chi connectivity index (χ3v) is 2.13. The van der Waals surface area contributed by atoms with Crippen molar-refractivity contribution in [1.29, 1.82) is 0 Å². The highest BCUT2D eigenvalue weighted by Gasteiger charge is 2.09. The quantitative estimate of drug-likeness (QED) is 0.784. The molecule has 0 bridgehead atoms. The van der Waals surface area contributed by atoms with Crippen molar-refractivity contribution in [2.75, 3.05) is 0 Å². The molecule has 0 radical (unpaired) electrons. The van der Waals surface area contributed by atoms with Crippen LogP contribution in [0.15, 0.2) is 0 Å². The Labute approximate surface area is 89.3 Å². The Hall–Kier alpha value is -0.680. The Kier molecular flexibility index (Phi) is 3.83. The molecule has 0 fully saturated rings. The van der Waals surface area contributed by atoms with Crippen LogP contribution in [0.4, 0.5) is 0 Å². The van der Waals surface area contributed by atoms with E-state index < -0.39 is 0 Å². The fraction of sp³-hybridized carbons (Fsp3) is 0.778. The standard InChI is InChI=1S/C9H17N3OS/c1-6(2)12-8(5-13-7(3)4)10-11-9(12)14/h6-7H,5H2,1-4H3,(H,11,14). The van der Waals surface area contributed by atoms with Crippen molar-refractivity contribution in [1.82, 2.24) is 14.8 Å². The molecular weight excluding hydrogens is 198 g/mol. The maximum Gasteiger partial charge on any atom is 0.195 e. The summed E-state index contributed by atoms with van der Waals surface area (Å²) in [5.74, 6) is 0.860. The lowest BCUT2D eigenvalue weighted by Gasteiger charge is -2.11. The molecule has 14 heavy (non-hydrogen) atoms. The average Bonchev–Trinajstić information content (AvgIpc) is 2.43. The van der Waals surface area contributed by atoms with E-state index in [0.717, 1.165) is 5.82 Å². The van der Waals surface area contributed by atoms with Crippen molar-refractivity contribution in [3.8, 4) is 0 Å². The molecule has 80 valence electrons. The summed E-state index contributed by atoms with van der Waals surface area (Å²) in [6, 6.07) is 0.312. The fourth-order valence-corrected chi connectivity index (χ4v) is 1.57. The third kappa shape index (κ3) is 2.65. The largest absolute Gasteiger partial charge is 0.371 e. The molecule has 1 aromatic rings. The minimum atomic E-state index is 0.209. The molecule has 0 aromatic carbocycles. The van der Waals surface area contributed by atoms with E-state index in [1.54, 1.807) is 0 Å². The molecule has 0 amide bonds. The zero-order chi connectivity index (χ0) is 10.7. The Morgan fingerprint density at radius 1 is 1.43 bits per heavy atom. The van der Waals surface area contributed by atoms with E-state index in [2.05, 4.69) is 24.0 Å². The minimum Gasteiger partial charge on any atom is -0.371 e. The van der Waals surface area contributed by atoms with Crippen molar-refractivity contribution < 1.29 is 4.74 Å². The first-order chi connectivity index (χ1) is 6.52. The minimum absolute atomic E-state index is 0.209. The van der Waals surface area contributed by atoms with Crippen LogP contribution in [-0.4, -0.2) is 20.9 Å². The number of aromatic nitrogens is 3. The van der Waals surface area contributed by atoms with Gasteiger partial charge in [-0.25, -0.2) is 0 Å². The first kappa shape index (κ1) is 11.4. The van der Waals surface area contributed by atoms with E-state index in [1.807, 2.05) is 18.4 Å². The monoisotopic (exact) mass is 215 g/mol. The van der Waals surface area contributed by atoms with E-state index in [0.29, 0.717) is 17.4 Å². The first-order valence-electron chi connectivity index (χ1n) is 4.79. The predicted octanol–water partition coefficient (Wildman–Crippen LogP) is 2.45. The summed E-state index contributed by atoms with van der Waals surface area (Å²) >= 11 is 5.12. The Balaban J connectivity index is 2.81. The lowest BCUT2D eigenvalue weighted by molar-refractivity contribution is 0.0587. The Morgan fingerprint density at radius 2 is 2.07 bits per heavy atom. The summed E-state index contributed by atoms with van der Waals surface area (Å²) < 4.78 is 8.11. The van der Waals surface area contributed by atoms with E-state index >= 15 is 0 Å². The zero-order valence-electron chi connectivity index (χ0n) is 9.07. The Bertz CT molecular complexity index is 340. The van der Waals surface area contributed by atoms with E-state index in [9.17, 15) is 0 Å². The van der Waals surface area contributed by atoms with Crippen LogP contribution in [0.25, 0.3) is 0 Å².